The number of nitrogens with one attached hydrogen (secondary N) is 1. The maximum Gasteiger partial charge on any atom is 0.0440 e. The largest absolute Gasteiger partial charge is 0.377 e. The van der Waals surface area contributed by atoms with Crippen molar-refractivity contribution in [1.82, 2.24) is 5.32 Å². The van der Waals surface area contributed by atoms with Crippen LogP contribution in [0.2, 0.25) is 0 Å². The standard InChI is InChI=1S/C17H22N2/c1-13(18-2)14-9-11-15(12-10-14)16-7-5-6-8-17(16)19(3)4/h5-13,18H,1-4H3. The van der Waals surface area contributed by atoms with Crippen LogP contribution >= 0.6 is 0 Å². The summed E-state index contributed by atoms with van der Waals surface area (Å²) in [7, 11) is 6.15. The van der Waals surface area contributed by atoms with E-state index in [1.54, 1.807) is 0 Å². The van der Waals surface area contributed by atoms with Crippen molar-refractivity contribution in [3.05, 3.63) is 54.1 Å². The van der Waals surface area contributed by atoms with Gasteiger partial charge in [0.25, 0.3) is 0 Å². The van der Waals surface area contributed by atoms with Crippen molar-refractivity contribution in [2.24, 2.45) is 0 Å². The van der Waals surface area contributed by atoms with E-state index in [1.807, 2.05) is 7.05 Å². The number of nitrogens with zero attached hydrogens (tertiary/aromatic N) is 1. The molecule has 0 aromatic heterocycles. The van der Waals surface area contributed by atoms with Crippen LogP contribution in [0.5, 0.6) is 0 Å². The van der Waals surface area contributed by atoms with Crippen LogP contribution in [0.4, 0.5) is 5.69 Å². The fraction of sp³-hybridized carbons (Fsp3) is 0.294. The zero-order valence-electron chi connectivity index (χ0n) is 12.1. The molecule has 100 valence electrons. The molecule has 0 saturated carbocycles. The van der Waals surface area contributed by atoms with Gasteiger partial charge >= 0.3 is 0 Å². The molecule has 0 radical (unpaired) electrons. The Kier molecular flexibility index (Phi) is 4.23. The molecule has 1 atom stereocenters. The van der Waals surface area contributed by atoms with E-state index in [9.17, 15) is 0 Å². The number of rotatable bonds is 4. The maximum absolute atomic E-state index is 3.26. The van der Waals surface area contributed by atoms with E-state index in [0.717, 1.165) is 0 Å². The first-order chi connectivity index (χ1) is 9.13. The van der Waals surface area contributed by atoms with Crippen molar-refractivity contribution in [2.75, 3.05) is 26.0 Å². The first kappa shape index (κ1) is 13.6. The molecule has 2 rings (SSSR count). The maximum atomic E-state index is 3.26. The molecule has 2 heteroatoms. The molecule has 0 aliphatic rings. The molecule has 0 saturated heterocycles. The van der Waals surface area contributed by atoms with Crippen molar-refractivity contribution < 1.29 is 0 Å². The molecule has 2 nitrogen and oxygen atoms in total. The third kappa shape index (κ3) is 2.96. The molecule has 0 amide bonds. The minimum absolute atomic E-state index is 0.387. The highest BCUT2D eigenvalue weighted by molar-refractivity contribution is 5.78. The lowest BCUT2D eigenvalue weighted by molar-refractivity contribution is 0.652. The number of anilines is 1. The molecule has 2 aromatic rings. The predicted octanol–water partition coefficient (Wildman–Crippen LogP) is 3.70. The summed E-state index contributed by atoms with van der Waals surface area (Å²) in [6.45, 7) is 2.17. The van der Waals surface area contributed by atoms with Crippen LogP contribution in [-0.4, -0.2) is 21.1 Å². The lowest BCUT2D eigenvalue weighted by Gasteiger charge is -2.18. The second kappa shape index (κ2) is 5.89. The van der Waals surface area contributed by atoms with Gasteiger partial charge in [-0.05, 0) is 31.2 Å². The summed E-state index contributed by atoms with van der Waals surface area (Å²) in [5.74, 6) is 0. The van der Waals surface area contributed by atoms with Crippen LogP contribution in [-0.2, 0) is 0 Å². The van der Waals surface area contributed by atoms with Crippen LogP contribution in [0.3, 0.4) is 0 Å². The van der Waals surface area contributed by atoms with Crippen molar-refractivity contribution in [2.45, 2.75) is 13.0 Å². The van der Waals surface area contributed by atoms with Crippen LogP contribution in [0.1, 0.15) is 18.5 Å². The van der Waals surface area contributed by atoms with Gasteiger partial charge in [-0.2, -0.15) is 0 Å². The van der Waals surface area contributed by atoms with Gasteiger partial charge < -0.3 is 10.2 Å². The Hall–Kier alpha value is -1.80. The van der Waals surface area contributed by atoms with Crippen molar-refractivity contribution in [3.63, 3.8) is 0 Å². The molecule has 0 heterocycles. The first-order valence-corrected chi connectivity index (χ1v) is 6.67. The molecule has 0 bridgehead atoms. The molecule has 0 aliphatic heterocycles. The first-order valence-electron chi connectivity index (χ1n) is 6.67. The molecule has 0 aliphatic carbocycles. The molecule has 0 fully saturated rings. The zero-order chi connectivity index (χ0) is 13.8. The lowest BCUT2D eigenvalue weighted by atomic mass is 10.00. The third-order valence-electron chi connectivity index (χ3n) is 3.54. The topological polar surface area (TPSA) is 15.3 Å². The minimum atomic E-state index is 0.387. The molecule has 1 unspecified atom stereocenters. The van der Waals surface area contributed by atoms with E-state index in [-0.39, 0.29) is 0 Å². The molecule has 2 aromatic carbocycles. The van der Waals surface area contributed by atoms with Gasteiger partial charge in [-0.15, -0.1) is 0 Å². The van der Waals surface area contributed by atoms with Crippen LogP contribution in [0, 0.1) is 0 Å². The smallest absolute Gasteiger partial charge is 0.0440 e. The van der Waals surface area contributed by atoms with E-state index in [0.29, 0.717) is 6.04 Å². The van der Waals surface area contributed by atoms with Gasteiger partial charge in [-0.1, -0.05) is 42.5 Å². The Morgan fingerprint density at radius 2 is 1.58 bits per heavy atom. The summed E-state index contributed by atoms with van der Waals surface area (Å²) in [5, 5.41) is 3.26. The number of benzene rings is 2. The van der Waals surface area contributed by atoms with Crippen molar-refractivity contribution in [3.8, 4) is 11.1 Å². The third-order valence-corrected chi connectivity index (χ3v) is 3.54. The van der Waals surface area contributed by atoms with Crippen LogP contribution in [0.25, 0.3) is 11.1 Å². The Labute approximate surface area is 116 Å². The summed E-state index contributed by atoms with van der Waals surface area (Å²) in [6, 6.07) is 17.7. The highest BCUT2D eigenvalue weighted by Crippen LogP contribution is 2.30. The second-order valence-corrected chi connectivity index (χ2v) is 5.04. The Balaban J connectivity index is 2.37. The van der Waals surface area contributed by atoms with Gasteiger partial charge in [0, 0.05) is 31.4 Å². The monoisotopic (exact) mass is 254 g/mol. The van der Waals surface area contributed by atoms with Crippen molar-refractivity contribution >= 4 is 5.69 Å². The number of hydrogen-bond acceptors (Lipinski definition) is 2. The Bertz CT molecular complexity index is 529. The predicted molar refractivity (Wildman–Crippen MR) is 83.7 cm³/mol. The van der Waals surface area contributed by atoms with Crippen LogP contribution in [0.15, 0.2) is 48.5 Å². The lowest BCUT2D eigenvalue weighted by Crippen LogP contribution is -2.12. The van der Waals surface area contributed by atoms with Gasteiger partial charge in [0.2, 0.25) is 0 Å². The Morgan fingerprint density at radius 1 is 0.947 bits per heavy atom. The van der Waals surface area contributed by atoms with E-state index >= 15 is 0 Å². The van der Waals surface area contributed by atoms with E-state index in [2.05, 4.69) is 79.8 Å². The van der Waals surface area contributed by atoms with Gasteiger partial charge in [-0.3, -0.25) is 0 Å². The van der Waals surface area contributed by atoms with E-state index in [4.69, 9.17) is 0 Å². The van der Waals surface area contributed by atoms with E-state index in [1.165, 1.54) is 22.4 Å². The normalized spacial score (nSPS) is 12.2. The summed E-state index contributed by atoms with van der Waals surface area (Å²) in [4.78, 5) is 2.15. The quantitative estimate of drug-likeness (QED) is 0.895. The van der Waals surface area contributed by atoms with Gasteiger partial charge in [0.15, 0.2) is 0 Å². The SMILES string of the molecule is CNC(C)c1ccc(-c2ccccc2N(C)C)cc1. The average molecular weight is 254 g/mol. The van der Waals surface area contributed by atoms with Crippen molar-refractivity contribution in [1.29, 1.82) is 0 Å². The summed E-state index contributed by atoms with van der Waals surface area (Å²) >= 11 is 0. The zero-order valence-corrected chi connectivity index (χ0v) is 12.1. The molecule has 1 N–H and O–H groups in total. The highest BCUT2D eigenvalue weighted by Gasteiger charge is 2.07. The fourth-order valence-electron chi connectivity index (χ4n) is 2.23. The second-order valence-electron chi connectivity index (χ2n) is 5.04. The summed E-state index contributed by atoms with van der Waals surface area (Å²) in [6.07, 6.45) is 0. The average Bonchev–Trinajstić information content (AvgIpc) is 2.46. The van der Waals surface area contributed by atoms with Crippen LogP contribution < -0.4 is 10.2 Å². The number of para-hydroxylation sites is 1. The summed E-state index contributed by atoms with van der Waals surface area (Å²) < 4.78 is 0. The Morgan fingerprint density at radius 3 is 2.16 bits per heavy atom. The number of hydrogen-bond donors (Lipinski definition) is 1. The fourth-order valence-corrected chi connectivity index (χ4v) is 2.23. The summed E-state index contributed by atoms with van der Waals surface area (Å²) in [5.41, 5.74) is 5.10. The molecular weight excluding hydrogens is 232 g/mol. The van der Waals surface area contributed by atoms with Gasteiger partial charge in [0.1, 0.15) is 0 Å². The van der Waals surface area contributed by atoms with Gasteiger partial charge in [-0.25, -0.2) is 0 Å². The highest BCUT2D eigenvalue weighted by atomic mass is 15.1. The van der Waals surface area contributed by atoms with E-state index < -0.39 is 0 Å². The minimum Gasteiger partial charge on any atom is -0.377 e. The molecule has 0 spiro atoms. The van der Waals surface area contributed by atoms with Gasteiger partial charge in [0.05, 0.1) is 0 Å². The molecular formula is C17H22N2. The molecule has 19 heavy (non-hydrogen) atoms.